The standard InChI is InChI=1S/C40H30ClFN2O6/c1-40-30(37(48)44(39(40)50)25-13-18-32(42)31(41)19-25)20-29-27(34(40)21-9-14-26(45)15-10-21)16-17-28-33(29)38(49)43(36(28)47)24-11-7-23(8-12-24)35(46)22-5-3-2-4-6-22/h2-16,18-19,28-30,33-34,45H,17,20H2,1H3. The summed E-state index contributed by atoms with van der Waals surface area (Å²) in [4.78, 5) is 72.4. The van der Waals surface area contributed by atoms with Gasteiger partial charge in [-0.15, -0.1) is 0 Å². The van der Waals surface area contributed by atoms with E-state index < -0.39 is 58.5 Å². The van der Waals surface area contributed by atoms with E-state index in [2.05, 4.69) is 0 Å². The van der Waals surface area contributed by atoms with Crippen LogP contribution in [0.25, 0.3) is 0 Å². The Morgan fingerprint density at radius 3 is 2.14 bits per heavy atom. The number of carbonyl (C=O) groups is 5. The first kappa shape index (κ1) is 31.8. The Bertz CT molecular complexity index is 2150. The molecule has 8 rings (SSSR count). The summed E-state index contributed by atoms with van der Waals surface area (Å²) in [6.45, 7) is 1.75. The van der Waals surface area contributed by atoms with Crippen LogP contribution in [0.2, 0.25) is 5.02 Å². The largest absolute Gasteiger partial charge is 0.508 e. The average Bonchev–Trinajstić information content (AvgIpc) is 3.49. The maximum atomic E-state index is 14.5. The molecule has 250 valence electrons. The summed E-state index contributed by atoms with van der Waals surface area (Å²) in [6, 6.07) is 25.3. The Morgan fingerprint density at radius 1 is 0.800 bits per heavy atom. The van der Waals surface area contributed by atoms with Gasteiger partial charge in [0.1, 0.15) is 11.6 Å². The molecule has 50 heavy (non-hydrogen) atoms. The lowest BCUT2D eigenvalue weighted by Gasteiger charge is -2.49. The smallest absolute Gasteiger partial charge is 0.241 e. The van der Waals surface area contributed by atoms with Crippen LogP contribution >= 0.6 is 11.6 Å². The van der Waals surface area contributed by atoms with Crippen molar-refractivity contribution < 1.29 is 33.5 Å². The van der Waals surface area contributed by atoms with Crippen molar-refractivity contribution in [1.82, 2.24) is 0 Å². The Balaban J connectivity index is 1.17. The third kappa shape index (κ3) is 4.60. The number of allylic oxidation sites excluding steroid dienone is 2. The van der Waals surface area contributed by atoms with Gasteiger partial charge in [0.05, 0.1) is 39.6 Å². The van der Waals surface area contributed by atoms with Crippen molar-refractivity contribution >= 4 is 52.4 Å². The monoisotopic (exact) mass is 688 g/mol. The van der Waals surface area contributed by atoms with E-state index in [1.54, 1.807) is 67.6 Å². The Kier molecular flexibility index (Phi) is 7.38. The zero-order chi connectivity index (χ0) is 35.1. The average molecular weight is 689 g/mol. The number of nitrogens with zero attached hydrogens (tertiary/aromatic N) is 2. The quantitative estimate of drug-likeness (QED) is 0.139. The van der Waals surface area contributed by atoms with E-state index in [1.807, 2.05) is 12.1 Å². The van der Waals surface area contributed by atoms with E-state index in [0.29, 0.717) is 22.4 Å². The number of hydrogen-bond acceptors (Lipinski definition) is 6. The molecule has 4 aromatic carbocycles. The summed E-state index contributed by atoms with van der Waals surface area (Å²) in [5, 5.41) is 9.88. The third-order valence-corrected chi connectivity index (χ3v) is 11.4. The summed E-state index contributed by atoms with van der Waals surface area (Å²) in [5.74, 6) is -6.10. The first-order valence-corrected chi connectivity index (χ1v) is 16.8. The molecule has 10 heteroatoms. The zero-order valence-corrected chi connectivity index (χ0v) is 27.5. The number of fused-ring (bicyclic) bond motifs is 4. The number of phenolic OH excluding ortho intramolecular Hbond substituents is 1. The number of benzene rings is 4. The molecular weight excluding hydrogens is 659 g/mol. The molecule has 0 radical (unpaired) electrons. The van der Waals surface area contributed by atoms with Gasteiger partial charge in [-0.3, -0.25) is 28.9 Å². The Morgan fingerprint density at radius 2 is 1.46 bits per heavy atom. The highest BCUT2D eigenvalue weighted by Crippen LogP contribution is 2.63. The number of anilines is 2. The van der Waals surface area contributed by atoms with Crippen molar-refractivity contribution in [2.24, 2.45) is 29.1 Å². The number of rotatable bonds is 5. The van der Waals surface area contributed by atoms with Crippen LogP contribution in [0.1, 0.15) is 47.2 Å². The van der Waals surface area contributed by atoms with Gasteiger partial charge in [0, 0.05) is 17.0 Å². The topological polar surface area (TPSA) is 112 Å². The summed E-state index contributed by atoms with van der Waals surface area (Å²) in [7, 11) is 0. The van der Waals surface area contributed by atoms with Crippen molar-refractivity contribution in [3.8, 4) is 5.75 Å². The summed E-state index contributed by atoms with van der Waals surface area (Å²) in [6.07, 6.45) is 2.35. The lowest BCUT2D eigenvalue weighted by atomic mass is 9.51. The van der Waals surface area contributed by atoms with E-state index in [9.17, 15) is 33.5 Å². The first-order valence-electron chi connectivity index (χ1n) is 16.4. The van der Waals surface area contributed by atoms with Gasteiger partial charge in [-0.25, -0.2) is 9.29 Å². The first-order chi connectivity index (χ1) is 24.0. The van der Waals surface area contributed by atoms with Gasteiger partial charge in [-0.05, 0) is 85.8 Å². The Hall–Kier alpha value is -5.41. The highest BCUT2D eigenvalue weighted by molar-refractivity contribution is 6.32. The molecule has 1 N–H and O–H groups in total. The zero-order valence-electron chi connectivity index (χ0n) is 26.8. The van der Waals surface area contributed by atoms with Crippen LogP contribution in [-0.4, -0.2) is 34.5 Å². The third-order valence-electron chi connectivity index (χ3n) is 11.1. The second-order valence-electron chi connectivity index (χ2n) is 13.6. The molecule has 2 aliphatic carbocycles. The maximum Gasteiger partial charge on any atom is 0.241 e. The van der Waals surface area contributed by atoms with Gasteiger partial charge < -0.3 is 5.11 Å². The number of halogens is 2. The molecule has 2 heterocycles. The fraction of sp³-hybridized carbons (Fsp3) is 0.225. The van der Waals surface area contributed by atoms with E-state index in [-0.39, 0.29) is 41.0 Å². The second-order valence-corrected chi connectivity index (χ2v) is 14.0. The molecule has 0 bridgehead atoms. The summed E-state index contributed by atoms with van der Waals surface area (Å²) < 4.78 is 14.1. The molecule has 4 amide bonds. The fourth-order valence-electron chi connectivity index (χ4n) is 8.70. The van der Waals surface area contributed by atoms with Crippen molar-refractivity contribution in [3.63, 3.8) is 0 Å². The molecule has 2 aliphatic heterocycles. The van der Waals surface area contributed by atoms with Crippen LogP contribution in [-0.2, 0) is 19.2 Å². The highest BCUT2D eigenvalue weighted by atomic mass is 35.5. The number of ketones is 1. The van der Waals surface area contributed by atoms with E-state index >= 15 is 0 Å². The van der Waals surface area contributed by atoms with Crippen LogP contribution in [0, 0.1) is 34.9 Å². The molecule has 2 saturated heterocycles. The lowest BCUT2D eigenvalue weighted by Crippen LogP contribution is -2.48. The molecule has 0 aromatic heterocycles. The predicted molar refractivity (Wildman–Crippen MR) is 183 cm³/mol. The number of aromatic hydroxyl groups is 1. The van der Waals surface area contributed by atoms with Gasteiger partial charge in [0.15, 0.2) is 5.78 Å². The maximum absolute atomic E-state index is 14.5. The minimum absolute atomic E-state index is 0.0283. The van der Waals surface area contributed by atoms with Crippen molar-refractivity contribution in [2.45, 2.75) is 25.7 Å². The van der Waals surface area contributed by atoms with Gasteiger partial charge in [0.25, 0.3) is 0 Å². The normalized spacial score (nSPS) is 27.2. The van der Waals surface area contributed by atoms with Crippen molar-refractivity contribution in [1.29, 1.82) is 0 Å². The van der Waals surface area contributed by atoms with Crippen LogP contribution in [0.5, 0.6) is 5.75 Å². The van der Waals surface area contributed by atoms with Gasteiger partial charge in [-0.2, -0.15) is 0 Å². The number of carbonyl (C=O) groups excluding carboxylic acids is 5. The van der Waals surface area contributed by atoms with E-state index in [1.165, 1.54) is 29.2 Å². The minimum Gasteiger partial charge on any atom is -0.508 e. The van der Waals surface area contributed by atoms with Crippen LogP contribution in [0.4, 0.5) is 15.8 Å². The summed E-state index contributed by atoms with van der Waals surface area (Å²) >= 11 is 6.07. The van der Waals surface area contributed by atoms with Crippen molar-refractivity contribution in [3.05, 3.63) is 136 Å². The number of amides is 4. The number of hydrogen-bond donors (Lipinski definition) is 1. The SMILES string of the molecule is CC12C(=O)N(c3ccc(F)c(Cl)c3)C(=O)C1CC1C(=CCC3C(=O)N(c4ccc(C(=O)c5ccccc5)cc4)C(=O)C31)C2c1ccc(O)cc1. The molecule has 3 fully saturated rings. The van der Waals surface area contributed by atoms with Crippen LogP contribution in [0.3, 0.4) is 0 Å². The predicted octanol–water partition coefficient (Wildman–Crippen LogP) is 6.85. The molecule has 6 atom stereocenters. The minimum atomic E-state index is -1.30. The van der Waals surface area contributed by atoms with E-state index in [4.69, 9.17) is 11.6 Å². The van der Waals surface area contributed by atoms with E-state index in [0.717, 1.165) is 16.5 Å². The van der Waals surface area contributed by atoms with Gasteiger partial charge in [-0.1, -0.05) is 65.7 Å². The lowest BCUT2D eigenvalue weighted by molar-refractivity contribution is -0.131. The molecule has 4 aromatic rings. The Labute approximate surface area is 291 Å². The number of phenols is 1. The molecular formula is C40H30ClFN2O6. The molecule has 0 spiro atoms. The molecule has 4 aliphatic rings. The molecule has 1 saturated carbocycles. The molecule has 8 nitrogen and oxygen atoms in total. The molecule has 6 unspecified atom stereocenters. The van der Waals surface area contributed by atoms with Crippen LogP contribution in [0.15, 0.2) is 109 Å². The van der Waals surface area contributed by atoms with Gasteiger partial charge in [0.2, 0.25) is 23.6 Å². The highest BCUT2D eigenvalue weighted by Gasteiger charge is 2.67. The second kappa shape index (κ2) is 11.6. The van der Waals surface area contributed by atoms with Crippen molar-refractivity contribution in [2.75, 3.05) is 9.80 Å². The number of imide groups is 2. The fourth-order valence-corrected chi connectivity index (χ4v) is 8.88. The summed E-state index contributed by atoms with van der Waals surface area (Å²) in [5.41, 5.74) is 1.61. The van der Waals surface area contributed by atoms with Gasteiger partial charge >= 0.3 is 0 Å². The van der Waals surface area contributed by atoms with Crippen LogP contribution < -0.4 is 9.80 Å².